The number of carboxylic acid groups (broad SMARTS) is 1. The van der Waals surface area contributed by atoms with Crippen molar-refractivity contribution in [2.75, 3.05) is 42.9 Å². The Kier molecular flexibility index (Phi) is 6.78. The molecule has 2 aromatic carbocycles. The fourth-order valence-electron chi connectivity index (χ4n) is 4.66. The maximum absolute atomic E-state index is 12.5. The van der Waals surface area contributed by atoms with Gasteiger partial charge in [0.1, 0.15) is 0 Å². The third-order valence-corrected chi connectivity index (χ3v) is 6.38. The SMILES string of the molecule is O=C(Nc1ccc(N2CCC[C@@H](CN3CCCC3)C2)c(C(=O)O)c1)c1cccc(Cl)c1. The van der Waals surface area contributed by atoms with Crippen molar-refractivity contribution >= 4 is 34.9 Å². The largest absolute Gasteiger partial charge is 0.478 e. The number of likely N-dealkylation sites (tertiary alicyclic amines) is 1. The molecular weight excluding hydrogens is 414 g/mol. The van der Waals surface area contributed by atoms with E-state index in [1.165, 1.54) is 32.4 Å². The minimum Gasteiger partial charge on any atom is -0.478 e. The summed E-state index contributed by atoms with van der Waals surface area (Å²) in [6.45, 7) is 5.17. The molecule has 0 bridgehead atoms. The predicted octanol–water partition coefficient (Wildman–Crippen LogP) is 4.60. The lowest BCUT2D eigenvalue weighted by Gasteiger charge is -2.36. The van der Waals surface area contributed by atoms with E-state index in [1.807, 2.05) is 6.07 Å². The van der Waals surface area contributed by atoms with Gasteiger partial charge in [-0.25, -0.2) is 4.79 Å². The number of benzene rings is 2. The molecule has 7 heteroatoms. The molecule has 2 saturated heterocycles. The highest BCUT2D eigenvalue weighted by atomic mass is 35.5. The van der Waals surface area contributed by atoms with E-state index in [2.05, 4.69) is 15.1 Å². The van der Waals surface area contributed by atoms with Gasteiger partial charge in [-0.15, -0.1) is 0 Å². The lowest BCUT2D eigenvalue weighted by molar-refractivity contribution is 0.0697. The third kappa shape index (κ3) is 5.38. The van der Waals surface area contributed by atoms with Crippen LogP contribution in [0.3, 0.4) is 0 Å². The Hall–Kier alpha value is -2.57. The summed E-state index contributed by atoms with van der Waals surface area (Å²) in [4.78, 5) is 29.2. The van der Waals surface area contributed by atoms with Crippen molar-refractivity contribution in [2.45, 2.75) is 25.7 Å². The number of nitrogens with zero attached hydrogens (tertiary/aromatic N) is 2. The highest BCUT2D eigenvalue weighted by molar-refractivity contribution is 6.31. The summed E-state index contributed by atoms with van der Waals surface area (Å²) in [5.74, 6) is -0.763. The minimum absolute atomic E-state index is 0.214. The van der Waals surface area contributed by atoms with Crippen LogP contribution in [0.1, 0.15) is 46.4 Å². The number of carbonyl (C=O) groups is 2. The van der Waals surface area contributed by atoms with Crippen molar-refractivity contribution < 1.29 is 14.7 Å². The van der Waals surface area contributed by atoms with E-state index in [-0.39, 0.29) is 11.5 Å². The molecule has 2 aromatic rings. The van der Waals surface area contributed by atoms with Crippen molar-refractivity contribution in [2.24, 2.45) is 5.92 Å². The number of rotatable bonds is 6. The van der Waals surface area contributed by atoms with E-state index in [0.717, 1.165) is 31.7 Å². The zero-order valence-electron chi connectivity index (χ0n) is 17.5. The molecule has 0 saturated carbocycles. The smallest absolute Gasteiger partial charge is 0.337 e. The van der Waals surface area contributed by atoms with Gasteiger partial charge in [-0.2, -0.15) is 0 Å². The Labute approximate surface area is 187 Å². The second kappa shape index (κ2) is 9.71. The number of amides is 1. The summed E-state index contributed by atoms with van der Waals surface area (Å²) < 4.78 is 0. The molecule has 0 aromatic heterocycles. The van der Waals surface area contributed by atoms with Gasteiger partial charge in [-0.05, 0) is 81.1 Å². The fraction of sp³-hybridized carbons (Fsp3) is 0.417. The van der Waals surface area contributed by atoms with Gasteiger partial charge in [0, 0.05) is 35.9 Å². The Balaban J connectivity index is 1.49. The highest BCUT2D eigenvalue weighted by Gasteiger charge is 2.26. The maximum atomic E-state index is 12.5. The number of anilines is 2. The molecule has 31 heavy (non-hydrogen) atoms. The zero-order valence-corrected chi connectivity index (χ0v) is 18.3. The van der Waals surface area contributed by atoms with Gasteiger partial charge in [0.05, 0.1) is 11.3 Å². The van der Waals surface area contributed by atoms with Gasteiger partial charge in [0.2, 0.25) is 0 Å². The molecule has 0 unspecified atom stereocenters. The number of carbonyl (C=O) groups excluding carboxylic acids is 1. The molecule has 2 aliphatic rings. The average molecular weight is 442 g/mol. The quantitative estimate of drug-likeness (QED) is 0.685. The number of nitrogens with one attached hydrogen (secondary N) is 1. The molecule has 4 rings (SSSR count). The van der Waals surface area contributed by atoms with Gasteiger partial charge < -0.3 is 20.2 Å². The summed E-state index contributed by atoms with van der Waals surface area (Å²) in [6, 6.07) is 11.8. The van der Waals surface area contributed by atoms with Crippen LogP contribution in [0.25, 0.3) is 0 Å². The average Bonchev–Trinajstić information content (AvgIpc) is 3.27. The normalized spacial score (nSPS) is 19.4. The number of halogens is 1. The van der Waals surface area contributed by atoms with Gasteiger partial charge in [0.25, 0.3) is 5.91 Å². The van der Waals surface area contributed by atoms with Gasteiger partial charge in [-0.1, -0.05) is 17.7 Å². The Morgan fingerprint density at radius 2 is 1.87 bits per heavy atom. The molecule has 2 aliphatic heterocycles. The molecule has 2 heterocycles. The second-order valence-corrected chi connectivity index (χ2v) is 8.90. The molecule has 1 atom stereocenters. The van der Waals surface area contributed by atoms with Crippen LogP contribution in [0.4, 0.5) is 11.4 Å². The van der Waals surface area contributed by atoms with Gasteiger partial charge >= 0.3 is 5.97 Å². The topological polar surface area (TPSA) is 72.9 Å². The lowest BCUT2D eigenvalue weighted by Crippen LogP contribution is -2.41. The first kappa shape index (κ1) is 21.7. The zero-order chi connectivity index (χ0) is 21.8. The number of aromatic carboxylic acids is 1. The minimum atomic E-state index is -0.990. The summed E-state index contributed by atoms with van der Waals surface area (Å²) in [7, 11) is 0. The van der Waals surface area contributed by atoms with E-state index in [1.54, 1.807) is 36.4 Å². The first-order chi connectivity index (χ1) is 15.0. The molecule has 1 amide bonds. The van der Waals surface area contributed by atoms with Crippen molar-refractivity contribution in [3.05, 3.63) is 58.6 Å². The molecule has 2 N–H and O–H groups in total. The summed E-state index contributed by atoms with van der Waals surface area (Å²) >= 11 is 5.96. The van der Waals surface area contributed by atoms with Crippen LogP contribution < -0.4 is 10.2 Å². The highest BCUT2D eigenvalue weighted by Crippen LogP contribution is 2.30. The Bertz CT molecular complexity index is 959. The van der Waals surface area contributed by atoms with E-state index >= 15 is 0 Å². The van der Waals surface area contributed by atoms with Gasteiger partial charge in [-0.3, -0.25) is 4.79 Å². The summed E-state index contributed by atoms with van der Waals surface area (Å²) in [5.41, 5.74) is 1.82. The van der Waals surface area contributed by atoms with Crippen LogP contribution in [0.2, 0.25) is 5.02 Å². The molecule has 164 valence electrons. The molecule has 0 aliphatic carbocycles. The Morgan fingerprint density at radius 3 is 2.61 bits per heavy atom. The van der Waals surface area contributed by atoms with Crippen molar-refractivity contribution in [1.29, 1.82) is 0 Å². The molecule has 0 spiro atoms. The van der Waals surface area contributed by atoms with E-state index in [0.29, 0.717) is 22.2 Å². The van der Waals surface area contributed by atoms with E-state index in [9.17, 15) is 14.7 Å². The molecule has 0 radical (unpaired) electrons. The molecule has 2 fully saturated rings. The fourth-order valence-corrected chi connectivity index (χ4v) is 4.85. The maximum Gasteiger partial charge on any atom is 0.337 e. The van der Waals surface area contributed by atoms with Crippen LogP contribution in [0.5, 0.6) is 0 Å². The van der Waals surface area contributed by atoms with Crippen molar-refractivity contribution in [3.63, 3.8) is 0 Å². The number of carboxylic acids is 1. The molecule has 6 nitrogen and oxygen atoms in total. The number of hydrogen-bond acceptors (Lipinski definition) is 4. The van der Waals surface area contributed by atoms with E-state index in [4.69, 9.17) is 11.6 Å². The van der Waals surface area contributed by atoms with Crippen LogP contribution in [-0.4, -0.2) is 54.6 Å². The van der Waals surface area contributed by atoms with E-state index < -0.39 is 5.97 Å². The summed E-state index contributed by atoms with van der Waals surface area (Å²) in [6.07, 6.45) is 4.80. The standard InChI is InChI=1S/C24H28ClN3O3/c25-19-7-3-6-18(13-19)23(29)26-20-8-9-22(21(14-20)24(30)31)28-12-4-5-17(16-28)15-27-10-1-2-11-27/h3,6-9,13-14,17H,1-2,4-5,10-12,15-16H2,(H,26,29)(H,30,31)/t17-/m0/s1. The van der Waals surface area contributed by atoms with Crippen LogP contribution in [-0.2, 0) is 0 Å². The second-order valence-electron chi connectivity index (χ2n) is 8.46. The number of hydrogen-bond donors (Lipinski definition) is 2. The van der Waals surface area contributed by atoms with Crippen LogP contribution in [0.15, 0.2) is 42.5 Å². The molecular formula is C24H28ClN3O3. The van der Waals surface area contributed by atoms with Crippen molar-refractivity contribution in [1.82, 2.24) is 4.90 Å². The first-order valence-electron chi connectivity index (χ1n) is 10.9. The monoisotopic (exact) mass is 441 g/mol. The van der Waals surface area contributed by atoms with Crippen LogP contribution in [0, 0.1) is 5.92 Å². The van der Waals surface area contributed by atoms with Gasteiger partial charge in [0.15, 0.2) is 0 Å². The predicted molar refractivity (Wildman–Crippen MR) is 123 cm³/mol. The van der Waals surface area contributed by atoms with Crippen LogP contribution >= 0.6 is 11.6 Å². The number of piperidine rings is 1. The summed E-state index contributed by atoms with van der Waals surface area (Å²) in [5, 5.41) is 13.1. The Morgan fingerprint density at radius 1 is 1.06 bits per heavy atom. The first-order valence-corrected chi connectivity index (χ1v) is 11.3. The van der Waals surface area contributed by atoms with Crippen molar-refractivity contribution in [3.8, 4) is 0 Å². The third-order valence-electron chi connectivity index (χ3n) is 6.15. The lowest BCUT2D eigenvalue weighted by atomic mass is 9.96.